The Morgan fingerprint density at radius 2 is 2.32 bits per heavy atom. The van der Waals surface area contributed by atoms with E-state index in [2.05, 4.69) is 10.6 Å². The molecule has 0 saturated carbocycles. The van der Waals surface area contributed by atoms with Gasteiger partial charge in [-0.05, 0) is 43.9 Å². The molecule has 1 heterocycles. The van der Waals surface area contributed by atoms with Crippen molar-refractivity contribution in [1.82, 2.24) is 10.6 Å². The second-order valence-corrected chi connectivity index (χ2v) is 6.74. The molecule has 2 rings (SSSR count). The maximum Gasteiger partial charge on any atom is 0.242 e. The maximum absolute atomic E-state index is 13.2. The minimum absolute atomic E-state index is 0.0180. The number of rotatable bonds is 5. The number of nitrogens with one attached hydrogen (secondary N) is 2. The minimum Gasteiger partial charge on any atom is -0.354 e. The number of carbonyl (C=O) groups is 2. The molecule has 6 heteroatoms. The van der Waals surface area contributed by atoms with Gasteiger partial charge in [-0.3, -0.25) is 9.59 Å². The summed E-state index contributed by atoms with van der Waals surface area (Å²) < 4.78 is 13.2. The van der Waals surface area contributed by atoms with Crippen molar-refractivity contribution in [3.05, 3.63) is 35.6 Å². The number of benzene rings is 1. The average molecular weight is 324 g/mol. The Balaban J connectivity index is 1.80. The number of thioether (sulfide) groups is 1. The van der Waals surface area contributed by atoms with Crippen LogP contribution in [0.3, 0.4) is 0 Å². The topological polar surface area (TPSA) is 58.2 Å². The Hall–Kier alpha value is -1.56. The number of hydrogen-bond donors (Lipinski definition) is 2. The summed E-state index contributed by atoms with van der Waals surface area (Å²) in [7, 11) is 0. The van der Waals surface area contributed by atoms with Gasteiger partial charge in [0.25, 0.3) is 0 Å². The van der Waals surface area contributed by atoms with E-state index >= 15 is 0 Å². The lowest BCUT2D eigenvalue weighted by atomic mass is 10.1. The van der Waals surface area contributed by atoms with E-state index in [9.17, 15) is 14.0 Å². The molecule has 0 radical (unpaired) electrons. The predicted molar refractivity (Wildman–Crippen MR) is 86.1 cm³/mol. The number of amides is 2. The Morgan fingerprint density at radius 3 is 3.09 bits per heavy atom. The first-order chi connectivity index (χ1) is 10.6. The van der Waals surface area contributed by atoms with Gasteiger partial charge < -0.3 is 10.6 Å². The third-order valence-electron chi connectivity index (χ3n) is 3.65. The highest BCUT2D eigenvalue weighted by atomic mass is 32.2. The van der Waals surface area contributed by atoms with Crippen LogP contribution in [0.1, 0.15) is 37.0 Å². The van der Waals surface area contributed by atoms with Gasteiger partial charge in [-0.2, -0.15) is 0 Å². The largest absolute Gasteiger partial charge is 0.354 e. The Bertz CT molecular complexity index is 539. The number of halogens is 1. The van der Waals surface area contributed by atoms with Crippen LogP contribution >= 0.6 is 11.8 Å². The van der Waals surface area contributed by atoms with Gasteiger partial charge in [0.1, 0.15) is 11.9 Å². The lowest BCUT2D eigenvalue weighted by Crippen LogP contribution is -2.46. The average Bonchev–Trinajstić information content (AvgIpc) is 2.70. The minimum atomic E-state index is -0.430. The lowest BCUT2D eigenvalue weighted by Gasteiger charge is -2.16. The highest BCUT2D eigenvalue weighted by molar-refractivity contribution is 8.00. The molecule has 1 aliphatic heterocycles. The summed E-state index contributed by atoms with van der Waals surface area (Å²) in [5.41, 5.74) is 0.852. The lowest BCUT2D eigenvalue weighted by molar-refractivity contribution is -0.127. The molecule has 2 amide bonds. The van der Waals surface area contributed by atoms with Crippen molar-refractivity contribution in [2.75, 3.05) is 12.3 Å². The number of hydrogen-bond acceptors (Lipinski definition) is 3. The van der Waals surface area contributed by atoms with Crippen LogP contribution in [-0.4, -0.2) is 30.2 Å². The molecule has 2 N–H and O–H groups in total. The van der Waals surface area contributed by atoms with Crippen molar-refractivity contribution in [3.63, 3.8) is 0 Å². The molecule has 0 unspecified atom stereocenters. The molecule has 0 bridgehead atoms. The van der Waals surface area contributed by atoms with Gasteiger partial charge in [-0.15, -0.1) is 11.8 Å². The zero-order chi connectivity index (χ0) is 15.9. The van der Waals surface area contributed by atoms with Gasteiger partial charge in [0, 0.05) is 11.8 Å². The summed E-state index contributed by atoms with van der Waals surface area (Å²) in [6.07, 6.45) is 2.56. The van der Waals surface area contributed by atoms with Gasteiger partial charge >= 0.3 is 0 Å². The van der Waals surface area contributed by atoms with Crippen molar-refractivity contribution < 1.29 is 14.0 Å². The summed E-state index contributed by atoms with van der Waals surface area (Å²) in [5.74, 6) is -0.282. The van der Waals surface area contributed by atoms with Crippen LogP contribution in [0, 0.1) is 5.82 Å². The first-order valence-electron chi connectivity index (χ1n) is 7.50. The molecule has 120 valence electrons. The quantitative estimate of drug-likeness (QED) is 0.874. The summed E-state index contributed by atoms with van der Waals surface area (Å²) in [6, 6.07) is 5.96. The maximum atomic E-state index is 13.2. The van der Waals surface area contributed by atoms with Crippen LogP contribution in [0.15, 0.2) is 24.3 Å². The molecular weight excluding hydrogens is 303 g/mol. The molecule has 1 aromatic rings. The van der Waals surface area contributed by atoms with Crippen molar-refractivity contribution in [3.8, 4) is 0 Å². The van der Waals surface area contributed by atoms with E-state index in [0.717, 1.165) is 18.4 Å². The van der Waals surface area contributed by atoms with Gasteiger partial charge in [0.05, 0.1) is 5.75 Å². The third-order valence-corrected chi connectivity index (χ3v) is 4.85. The van der Waals surface area contributed by atoms with E-state index in [1.165, 1.54) is 23.9 Å². The summed E-state index contributed by atoms with van der Waals surface area (Å²) in [4.78, 5) is 23.8. The first kappa shape index (κ1) is 16.8. The Labute approximate surface area is 134 Å². The molecule has 1 saturated heterocycles. The normalized spacial score (nSPS) is 19.9. The van der Waals surface area contributed by atoms with Gasteiger partial charge in [0.15, 0.2) is 0 Å². The molecule has 1 fully saturated rings. The second-order valence-electron chi connectivity index (χ2n) is 5.42. The van der Waals surface area contributed by atoms with Crippen molar-refractivity contribution in [2.45, 2.75) is 37.5 Å². The van der Waals surface area contributed by atoms with E-state index in [1.54, 1.807) is 6.07 Å². The van der Waals surface area contributed by atoms with Crippen LogP contribution in [0.25, 0.3) is 0 Å². The zero-order valence-electron chi connectivity index (χ0n) is 12.6. The predicted octanol–water partition coefficient (Wildman–Crippen LogP) is 2.40. The molecule has 22 heavy (non-hydrogen) atoms. The van der Waals surface area contributed by atoms with Crippen molar-refractivity contribution >= 4 is 23.6 Å². The summed E-state index contributed by atoms with van der Waals surface area (Å²) in [5, 5.41) is 5.59. The Morgan fingerprint density at radius 1 is 1.50 bits per heavy atom. The molecule has 4 nitrogen and oxygen atoms in total. The van der Waals surface area contributed by atoms with E-state index in [4.69, 9.17) is 0 Å². The molecule has 0 aliphatic carbocycles. The fraction of sp³-hybridized carbons (Fsp3) is 0.500. The second kappa shape index (κ2) is 8.17. The van der Waals surface area contributed by atoms with E-state index in [0.29, 0.717) is 13.0 Å². The number of carbonyl (C=O) groups excluding carboxylic acids is 2. The van der Waals surface area contributed by atoms with E-state index in [-0.39, 0.29) is 28.6 Å². The van der Waals surface area contributed by atoms with Crippen LogP contribution in [0.4, 0.5) is 4.39 Å². The zero-order valence-corrected chi connectivity index (χ0v) is 13.4. The van der Waals surface area contributed by atoms with Crippen LogP contribution in [0.5, 0.6) is 0 Å². The molecule has 0 aromatic heterocycles. The van der Waals surface area contributed by atoms with Crippen molar-refractivity contribution in [2.24, 2.45) is 0 Å². The summed E-state index contributed by atoms with van der Waals surface area (Å²) >= 11 is 1.43. The highest BCUT2D eigenvalue weighted by Crippen LogP contribution is 2.28. The Kier molecular flexibility index (Phi) is 6.24. The monoisotopic (exact) mass is 324 g/mol. The fourth-order valence-electron chi connectivity index (χ4n) is 2.37. The SMILES string of the molecule is C[C@H](SCC(=O)N[C@@H]1CCCCNC1=O)c1cccc(F)c1. The fourth-order valence-corrected chi connectivity index (χ4v) is 3.19. The van der Waals surface area contributed by atoms with Gasteiger partial charge in [0.2, 0.25) is 11.8 Å². The molecule has 1 aliphatic rings. The van der Waals surface area contributed by atoms with Crippen LogP contribution < -0.4 is 10.6 Å². The van der Waals surface area contributed by atoms with Gasteiger partial charge in [-0.25, -0.2) is 4.39 Å². The standard InChI is InChI=1S/C16H21FN2O2S/c1-11(12-5-4-6-13(17)9-12)22-10-15(20)19-14-7-2-3-8-18-16(14)21/h4-6,9,11,14H,2-3,7-8,10H2,1H3,(H,18,21)(H,19,20)/t11-,14+/m0/s1. The van der Waals surface area contributed by atoms with Crippen molar-refractivity contribution in [1.29, 1.82) is 0 Å². The molecule has 2 atom stereocenters. The molecule has 0 spiro atoms. The molecule has 1 aromatic carbocycles. The van der Waals surface area contributed by atoms with Gasteiger partial charge in [-0.1, -0.05) is 12.1 Å². The van der Waals surface area contributed by atoms with E-state index < -0.39 is 6.04 Å². The third kappa shape index (κ3) is 5.02. The smallest absolute Gasteiger partial charge is 0.242 e. The van der Waals surface area contributed by atoms with E-state index in [1.807, 2.05) is 13.0 Å². The van der Waals surface area contributed by atoms with Crippen LogP contribution in [-0.2, 0) is 9.59 Å². The molecular formula is C16H21FN2O2S. The summed E-state index contributed by atoms with van der Waals surface area (Å²) in [6.45, 7) is 2.61. The van der Waals surface area contributed by atoms with Crippen LogP contribution in [0.2, 0.25) is 0 Å². The highest BCUT2D eigenvalue weighted by Gasteiger charge is 2.22. The first-order valence-corrected chi connectivity index (χ1v) is 8.55.